The highest BCUT2D eigenvalue weighted by Gasteiger charge is 2.24. The monoisotopic (exact) mass is 419 g/mol. The Labute approximate surface area is 178 Å². The SMILES string of the molecule is Clc1cccc(-c2nc(NCCc3ccsc3)nc3c2COc2ccccc2-3)c1. The summed E-state index contributed by atoms with van der Waals surface area (Å²) in [6, 6.07) is 17.9. The molecule has 1 aliphatic heterocycles. The van der Waals surface area contributed by atoms with Gasteiger partial charge in [-0.3, -0.25) is 0 Å². The van der Waals surface area contributed by atoms with E-state index in [1.807, 2.05) is 48.5 Å². The number of hydrogen-bond donors (Lipinski definition) is 1. The molecule has 4 aromatic rings. The second kappa shape index (κ2) is 7.85. The molecule has 0 saturated heterocycles. The van der Waals surface area contributed by atoms with E-state index in [-0.39, 0.29) is 0 Å². The maximum absolute atomic E-state index is 6.25. The first-order valence-electron chi connectivity index (χ1n) is 9.42. The average molecular weight is 420 g/mol. The maximum Gasteiger partial charge on any atom is 0.223 e. The van der Waals surface area contributed by atoms with E-state index < -0.39 is 0 Å². The van der Waals surface area contributed by atoms with Crippen molar-refractivity contribution >= 4 is 28.9 Å². The summed E-state index contributed by atoms with van der Waals surface area (Å²) in [5.74, 6) is 1.46. The number of fused-ring (bicyclic) bond motifs is 3. The molecule has 0 aliphatic carbocycles. The molecule has 0 saturated carbocycles. The zero-order chi connectivity index (χ0) is 19.6. The summed E-state index contributed by atoms with van der Waals surface area (Å²) in [6.07, 6.45) is 0.927. The lowest BCUT2D eigenvalue weighted by atomic mass is 9.98. The summed E-state index contributed by atoms with van der Waals surface area (Å²) in [5.41, 5.74) is 6.00. The number of nitrogens with zero attached hydrogens (tertiary/aromatic N) is 2. The van der Waals surface area contributed by atoms with Crippen LogP contribution in [0, 0.1) is 0 Å². The Morgan fingerprint density at radius 3 is 2.79 bits per heavy atom. The predicted octanol–water partition coefficient (Wildman–Crippen LogP) is 6.07. The molecule has 0 spiro atoms. The fraction of sp³-hybridized carbons (Fsp3) is 0.130. The van der Waals surface area contributed by atoms with Crippen LogP contribution in [0.2, 0.25) is 5.02 Å². The van der Waals surface area contributed by atoms with Crippen LogP contribution in [0.15, 0.2) is 65.4 Å². The van der Waals surface area contributed by atoms with E-state index in [4.69, 9.17) is 26.3 Å². The molecule has 6 heteroatoms. The van der Waals surface area contributed by atoms with Gasteiger partial charge >= 0.3 is 0 Å². The van der Waals surface area contributed by atoms with Crippen molar-refractivity contribution in [3.05, 3.63) is 81.5 Å². The Bertz CT molecular complexity index is 1160. The fourth-order valence-corrected chi connectivity index (χ4v) is 4.38. The number of ether oxygens (including phenoxy) is 1. The summed E-state index contributed by atoms with van der Waals surface area (Å²) in [4.78, 5) is 9.68. The summed E-state index contributed by atoms with van der Waals surface area (Å²) >= 11 is 7.96. The molecule has 29 heavy (non-hydrogen) atoms. The van der Waals surface area contributed by atoms with E-state index in [0.29, 0.717) is 17.6 Å². The number of thiophene rings is 1. The van der Waals surface area contributed by atoms with E-state index in [0.717, 1.165) is 46.8 Å². The van der Waals surface area contributed by atoms with Crippen LogP contribution in [0.3, 0.4) is 0 Å². The van der Waals surface area contributed by atoms with Gasteiger partial charge < -0.3 is 10.1 Å². The molecular formula is C23H18ClN3OS. The summed E-state index contributed by atoms with van der Waals surface area (Å²) in [7, 11) is 0. The summed E-state index contributed by atoms with van der Waals surface area (Å²) in [6.45, 7) is 1.20. The third kappa shape index (κ3) is 3.71. The van der Waals surface area contributed by atoms with Gasteiger partial charge in [0.15, 0.2) is 0 Å². The minimum atomic E-state index is 0.434. The lowest BCUT2D eigenvalue weighted by Gasteiger charge is -2.23. The van der Waals surface area contributed by atoms with Crippen LogP contribution >= 0.6 is 22.9 Å². The van der Waals surface area contributed by atoms with Crippen LogP contribution in [0.25, 0.3) is 22.5 Å². The molecule has 0 fully saturated rings. The van der Waals surface area contributed by atoms with Gasteiger partial charge in [0.25, 0.3) is 0 Å². The van der Waals surface area contributed by atoms with Gasteiger partial charge in [0, 0.05) is 28.3 Å². The predicted molar refractivity (Wildman–Crippen MR) is 119 cm³/mol. The zero-order valence-electron chi connectivity index (χ0n) is 15.6. The zero-order valence-corrected chi connectivity index (χ0v) is 17.1. The number of hydrogen-bond acceptors (Lipinski definition) is 5. The Balaban J connectivity index is 1.56. The maximum atomic E-state index is 6.25. The van der Waals surface area contributed by atoms with Crippen LogP contribution in [0.1, 0.15) is 11.1 Å². The number of anilines is 1. The van der Waals surface area contributed by atoms with Crippen LogP contribution in [-0.2, 0) is 13.0 Å². The van der Waals surface area contributed by atoms with Crippen molar-refractivity contribution in [1.82, 2.24) is 9.97 Å². The smallest absolute Gasteiger partial charge is 0.223 e. The van der Waals surface area contributed by atoms with Gasteiger partial charge in [0.05, 0.1) is 11.4 Å². The lowest BCUT2D eigenvalue weighted by Crippen LogP contribution is -2.14. The van der Waals surface area contributed by atoms with Gasteiger partial charge in [-0.25, -0.2) is 9.97 Å². The molecule has 4 nitrogen and oxygen atoms in total. The topological polar surface area (TPSA) is 47.0 Å². The van der Waals surface area contributed by atoms with Gasteiger partial charge in [0.1, 0.15) is 12.4 Å². The third-order valence-electron chi connectivity index (χ3n) is 4.90. The molecule has 0 atom stereocenters. The molecule has 5 rings (SSSR count). The first kappa shape index (κ1) is 18.2. The number of aromatic nitrogens is 2. The van der Waals surface area contributed by atoms with Crippen molar-refractivity contribution < 1.29 is 4.74 Å². The number of benzene rings is 2. The Hall–Kier alpha value is -2.89. The van der Waals surface area contributed by atoms with E-state index in [1.54, 1.807) is 11.3 Å². The summed E-state index contributed by atoms with van der Waals surface area (Å²) in [5, 5.41) is 8.34. The molecule has 0 unspecified atom stereocenters. The van der Waals surface area contributed by atoms with Crippen molar-refractivity contribution in [1.29, 1.82) is 0 Å². The number of para-hydroxylation sites is 1. The average Bonchev–Trinajstić information content (AvgIpc) is 3.27. The summed E-state index contributed by atoms with van der Waals surface area (Å²) < 4.78 is 5.98. The molecule has 0 bridgehead atoms. The Kier molecular flexibility index (Phi) is 4.92. The van der Waals surface area contributed by atoms with Gasteiger partial charge in [-0.05, 0) is 53.1 Å². The molecule has 0 radical (unpaired) electrons. The standard InChI is InChI=1S/C23H18ClN3OS/c24-17-5-3-4-16(12-17)21-19-13-28-20-7-2-1-6-18(20)22(19)27-23(26-21)25-10-8-15-9-11-29-14-15/h1-7,9,11-12,14H,8,10,13H2,(H,25,26,27). The van der Waals surface area contributed by atoms with Crippen molar-refractivity contribution in [3.8, 4) is 28.3 Å². The van der Waals surface area contributed by atoms with Crippen molar-refractivity contribution in [3.63, 3.8) is 0 Å². The normalized spacial score (nSPS) is 12.0. The lowest BCUT2D eigenvalue weighted by molar-refractivity contribution is 0.301. The minimum Gasteiger partial charge on any atom is -0.488 e. The fourth-order valence-electron chi connectivity index (χ4n) is 3.49. The first-order valence-corrected chi connectivity index (χ1v) is 10.7. The van der Waals surface area contributed by atoms with Gasteiger partial charge in [-0.15, -0.1) is 0 Å². The largest absolute Gasteiger partial charge is 0.488 e. The second-order valence-electron chi connectivity index (χ2n) is 6.83. The third-order valence-corrected chi connectivity index (χ3v) is 5.86. The molecule has 144 valence electrons. The van der Waals surface area contributed by atoms with E-state index in [2.05, 4.69) is 22.1 Å². The number of rotatable bonds is 5. The number of halogens is 1. The molecule has 2 aromatic carbocycles. The van der Waals surface area contributed by atoms with Crippen LogP contribution in [0.5, 0.6) is 5.75 Å². The Morgan fingerprint density at radius 1 is 1.03 bits per heavy atom. The van der Waals surface area contributed by atoms with Crippen LogP contribution in [-0.4, -0.2) is 16.5 Å². The quantitative estimate of drug-likeness (QED) is 0.426. The first-order chi connectivity index (χ1) is 14.3. The second-order valence-corrected chi connectivity index (χ2v) is 8.04. The van der Waals surface area contributed by atoms with Gasteiger partial charge in [0.2, 0.25) is 5.95 Å². The van der Waals surface area contributed by atoms with Crippen LogP contribution < -0.4 is 10.1 Å². The molecular weight excluding hydrogens is 402 g/mol. The molecule has 3 heterocycles. The highest BCUT2D eigenvalue weighted by Crippen LogP contribution is 2.40. The number of nitrogens with one attached hydrogen (secondary N) is 1. The van der Waals surface area contributed by atoms with Crippen molar-refractivity contribution in [2.45, 2.75) is 13.0 Å². The van der Waals surface area contributed by atoms with Crippen LogP contribution in [0.4, 0.5) is 5.95 Å². The molecule has 2 aromatic heterocycles. The van der Waals surface area contributed by atoms with E-state index in [1.165, 1.54) is 5.56 Å². The minimum absolute atomic E-state index is 0.434. The van der Waals surface area contributed by atoms with Crippen molar-refractivity contribution in [2.24, 2.45) is 0 Å². The highest BCUT2D eigenvalue weighted by atomic mass is 35.5. The highest BCUT2D eigenvalue weighted by molar-refractivity contribution is 7.07. The molecule has 1 aliphatic rings. The Morgan fingerprint density at radius 2 is 1.93 bits per heavy atom. The molecule has 0 amide bonds. The van der Waals surface area contributed by atoms with Gasteiger partial charge in [-0.1, -0.05) is 35.9 Å². The van der Waals surface area contributed by atoms with E-state index >= 15 is 0 Å². The van der Waals surface area contributed by atoms with Crippen molar-refractivity contribution in [2.75, 3.05) is 11.9 Å². The molecule has 1 N–H and O–H groups in total. The van der Waals surface area contributed by atoms with Gasteiger partial charge in [-0.2, -0.15) is 11.3 Å². The van der Waals surface area contributed by atoms with E-state index in [9.17, 15) is 0 Å².